The van der Waals surface area contributed by atoms with Gasteiger partial charge in [0.1, 0.15) is 0 Å². The Hall–Kier alpha value is -0.340. The fourth-order valence-corrected chi connectivity index (χ4v) is 4.03. The minimum Gasteiger partial charge on any atom is -0.311 e. The van der Waals surface area contributed by atoms with Gasteiger partial charge in [0.2, 0.25) is 0 Å². The van der Waals surface area contributed by atoms with E-state index in [1.165, 1.54) is 58.0 Å². The topological polar surface area (TPSA) is 15.3 Å². The van der Waals surface area contributed by atoms with Crippen LogP contribution < -0.4 is 5.32 Å². The first-order chi connectivity index (χ1) is 8.88. The highest BCUT2D eigenvalue weighted by molar-refractivity contribution is 4.98. The summed E-state index contributed by atoms with van der Waals surface area (Å²) < 4.78 is 0. The second-order valence-electron chi connectivity index (χ2n) is 6.56. The van der Waals surface area contributed by atoms with E-state index in [0.29, 0.717) is 0 Å². The van der Waals surface area contributed by atoms with Crippen LogP contribution in [0.15, 0.2) is 12.7 Å². The zero-order valence-corrected chi connectivity index (χ0v) is 11.6. The van der Waals surface area contributed by atoms with Crippen molar-refractivity contribution in [3.05, 3.63) is 12.7 Å². The molecule has 1 aliphatic heterocycles. The van der Waals surface area contributed by atoms with E-state index in [1.54, 1.807) is 0 Å². The molecule has 0 aromatic carbocycles. The fraction of sp³-hybridized carbons (Fsp3) is 0.875. The molecule has 3 rings (SSSR count). The maximum atomic E-state index is 3.96. The highest BCUT2D eigenvalue weighted by Crippen LogP contribution is 2.36. The van der Waals surface area contributed by atoms with Gasteiger partial charge < -0.3 is 5.32 Å². The van der Waals surface area contributed by atoms with Crippen LogP contribution in [-0.2, 0) is 0 Å². The molecule has 1 heterocycles. The van der Waals surface area contributed by atoms with Gasteiger partial charge in [-0.2, -0.15) is 0 Å². The maximum Gasteiger partial charge on any atom is 0.0252 e. The predicted molar refractivity (Wildman–Crippen MR) is 76.6 cm³/mol. The molecule has 1 saturated heterocycles. The Kier molecular flexibility index (Phi) is 4.05. The van der Waals surface area contributed by atoms with Crippen molar-refractivity contribution in [2.24, 2.45) is 11.8 Å². The van der Waals surface area contributed by atoms with Crippen LogP contribution in [0.2, 0.25) is 0 Å². The van der Waals surface area contributed by atoms with Crippen molar-refractivity contribution in [3.63, 3.8) is 0 Å². The lowest BCUT2D eigenvalue weighted by Crippen LogP contribution is -2.59. The summed E-state index contributed by atoms with van der Waals surface area (Å²) in [5, 5.41) is 3.84. The van der Waals surface area contributed by atoms with E-state index in [0.717, 1.165) is 30.5 Å². The summed E-state index contributed by atoms with van der Waals surface area (Å²) in [5.41, 5.74) is 0. The molecular weight excluding hydrogens is 220 g/mol. The van der Waals surface area contributed by atoms with Gasteiger partial charge in [0, 0.05) is 31.7 Å². The minimum absolute atomic E-state index is 0.768. The average Bonchev–Trinajstić information content (AvgIpc) is 3.24. The third kappa shape index (κ3) is 2.80. The fourth-order valence-electron chi connectivity index (χ4n) is 4.03. The van der Waals surface area contributed by atoms with Crippen molar-refractivity contribution in [1.82, 2.24) is 10.2 Å². The van der Waals surface area contributed by atoms with Crippen molar-refractivity contribution >= 4 is 0 Å². The molecule has 0 radical (unpaired) electrons. The van der Waals surface area contributed by atoms with Crippen LogP contribution in [0.25, 0.3) is 0 Å². The molecule has 102 valence electrons. The van der Waals surface area contributed by atoms with Gasteiger partial charge in [-0.25, -0.2) is 0 Å². The van der Waals surface area contributed by atoms with Crippen molar-refractivity contribution in [2.45, 2.75) is 57.0 Å². The molecule has 18 heavy (non-hydrogen) atoms. The molecule has 2 nitrogen and oxygen atoms in total. The van der Waals surface area contributed by atoms with Gasteiger partial charge in [-0.3, -0.25) is 4.90 Å². The minimum atomic E-state index is 0.768. The van der Waals surface area contributed by atoms with E-state index >= 15 is 0 Å². The van der Waals surface area contributed by atoms with E-state index in [2.05, 4.69) is 22.9 Å². The molecule has 2 unspecified atom stereocenters. The van der Waals surface area contributed by atoms with E-state index in [9.17, 15) is 0 Å². The Labute approximate surface area is 112 Å². The van der Waals surface area contributed by atoms with E-state index < -0.39 is 0 Å². The lowest BCUT2D eigenvalue weighted by Gasteiger charge is -2.45. The molecule has 2 saturated carbocycles. The summed E-state index contributed by atoms with van der Waals surface area (Å²) in [6.45, 7) is 7.53. The second-order valence-corrected chi connectivity index (χ2v) is 6.56. The number of hydrogen-bond acceptors (Lipinski definition) is 2. The molecule has 0 spiro atoms. The second kappa shape index (κ2) is 5.75. The van der Waals surface area contributed by atoms with E-state index in [-0.39, 0.29) is 0 Å². The molecule has 0 aromatic rings. The Bertz CT molecular complexity index is 279. The molecule has 2 atom stereocenters. The summed E-state index contributed by atoms with van der Waals surface area (Å²) in [4.78, 5) is 2.72. The van der Waals surface area contributed by atoms with Crippen LogP contribution in [0.5, 0.6) is 0 Å². The first kappa shape index (κ1) is 12.7. The lowest BCUT2D eigenvalue weighted by atomic mass is 9.82. The first-order valence-electron chi connectivity index (χ1n) is 7.97. The maximum absolute atomic E-state index is 3.96. The zero-order chi connectivity index (χ0) is 12.4. The van der Waals surface area contributed by atoms with Crippen LogP contribution in [0.4, 0.5) is 0 Å². The highest BCUT2D eigenvalue weighted by Gasteiger charge is 2.39. The number of nitrogens with one attached hydrogen (secondary N) is 1. The molecule has 2 aliphatic carbocycles. The van der Waals surface area contributed by atoms with Crippen LogP contribution in [0.3, 0.4) is 0 Å². The quantitative estimate of drug-likeness (QED) is 0.770. The van der Waals surface area contributed by atoms with Crippen LogP contribution in [-0.4, -0.2) is 36.6 Å². The van der Waals surface area contributed by atoms with Gasteiger partial charge in [0.05, 0.1) is 0 Å². The SMILES string of the molecule is C=CCN1CC(C2CC2)NCC1C1CCCCC1. The highest BCUT2D eigenvalue weighted by atomic mass is 15.2. The molecule has 1 N–H and O–H groups in total. The summed E-state index contributed by atoms with van der Waals surface area (Å²) in [5.74, 6) is 1.91. The third-order valence-corrected chi connectivity index (χ3v) is 5.24. The number of hydrogen-bond donors (Lipinski definition) is 1. The van der Waals surface area contributed by atoms with E-state index in [4.69, 9.17) is 0 Å². The van der Waals surface area contributed by atoms with Crippen molar-refractivity contribution in [1.29, 1.82) is 0 Å². The number of nitrogens with zero attached hydrogens (tertiary/aromatic N) is 1. The molecule has 0 aromatic heterocycles. The van der Waals surface area contributed by atoms with Gasteiger partial charge in [-0.05, 0) is 37.5 Å². The molecule has 3 aliphatic rings. The van der Waals surface area contributed by atoms with Crippen LogP contribution in [0, 0.1) is 11.8 Å². The van der Waals surface area contributed by atoms with Gasteiger partial charge in [-0.1, -0.05) is 25.3 Å². The number of rotatable bonds is 4. The van der Waals surface area contributed by atoms with Gasteiger partial charge in [0.25, 0.3) is 0 Å². The molecule has 3 fully saturated rings. The van der Waals surface area contributed by atoms with Gasteiger partial charge >= 0.3 is 0 Å². The summed E-state index contributed by atoms with van der Waals surface area (Å²) >= 11 is 0. The molecular formula is C16H28N2. The Morgan fingerprint density at radius 1 is 1.06 bits per heavy atom. The molecule has 0 bridgehead atoms. The summed E-state index contributed by atoms with van der Waals surface area (Å²) in [7, 11) is 0. The average molecular weight is 248 g/mol. The number of piperazine rings is 1. The molecule has 2 heteroatoms. The Balaban J connectivity index is 1.62. The predicted octanol–water partition coefficient (Wildman–Crippen LogP) is 2.81. The van der Waals surface area contributed by atoms with Crippen molar-refractivity contribution < 1.29 is 0 Å². The van der Waals surface area contributed by atoms with Gasteiger partial charge in [0.15, 0.2) is 0 Å². The van der Waals surface area contributed by atoms with Crippen LogP contribution in [0.1, 0.15) is 44.9 Å². The zero-order valence-electron chi connectivity index (χ0n) is 11.6. The lowest BCUT2D eigenvalue weighted by molar-refractivity contribution is 0.0774. The van der Waals surface area contributed by atoms with Crippen molar-refractivity contribution in [3.8, 4) is 0 Å². The Morgan fingerprint density at radius 2 is 1.83 bits per heavy atom. The third-order valence-electron chi connectivity index (χ3n) is 5.24. The Morgan fingerprint density at radius 3 is 2.50 bits per heavy atom. The van der Waals surface area contributed by atoms with E-state index in [1.807, 2.05) is 0 Å². The smallest absolute Gasteiger partial charge is 0.0252 e. The summed E-state index contributed by atoms with van der Waals surface area (Å²) in [6, 6.07) is 1.54. The standard InChI is InChI=1S/C16H28N2/c1-2-10-18-12-15(13-8-9-13)17-11-16(18)14-6-4-3-5-7-14/h2,13-17H,1,3-12H2. The monoisotopic (exact) mass is 248 g/mol. The normalized spacial score (nSPS) is 35.6. The van der Waals surface area contributed by atoms with Crippen molar-refractivity contribution in [2.75, 3.05) is 19.6 Å². The molecule has 0 amide bonds. The van der Waals surface area contributed by atoms with Crippen LogP contribution >= 0.6 is 0 Å². The first-order valence-corrected chi connectivity index (χ1v) is 7.97. The largest absolute Gasteiger partial charge is 0.311 e. The summed E-state index contributed by atoms with van der Waals surface area (Å²) in [6.07, 6.45) is 12.3. The van der Waals surface area contributed by atoms with Gasteiger partial charge in [-0.15, -0.1) is 6.58 Å².